The minimum Gasteiger partial charge on any atom is -0.508 e. The van der Waals surface area contributed by atoms with Gasteiger partial charge in [-0.25, -0.2) is 0 Å². The lowest BCUT2D eigenvalue weighted by Crippen LogP contribution is -2.07. The van der Waals surface area contributed by atoms with Crippen LogP contribution < -0.4 is 0 Å². The Morgan fingerprint density at radius 1 is 1.03 bits per heavy atom. The van der Waals surface area contributed by atoms with E-state index in [1.807, 2.05) is 13.0 Å². The highest BCUT2D eigenvalue weighted by atomic mass is 16.3. The molecule has 1 atom stereocenters. The summed E-state index contributed by atoms with van der Waals surface area (Å²) in [6.45, 7) is 7.45. The van der Waals surface area contributed by atoms with Crippen molar-refractivity contribution >= 4 is 5.78 Å². The van der Waals surface area contributed by atoms with Gasteiger partial charge in [-0.15, -0.1) is 0 Å². The first-order valence-electron chi connectivity index (χ1n) is 10.2. The highest BCUT2D eigenvalue weighted by Gasteiger charge is 2.16. The fourth-order valence-corrected chi connectivity index (χ4v) is 3.26. The lowest BCUT2D eigenvalue weighted by Gasteiger charge is -2.13. The number of benzene rings is 2. The van der Waals surface area contributed by atoms with Crippen molar-refractivity contribution in [3.05, 3.63) is 70.8 Å². The Balaban J connectivity index is 2.12. The zero-order chi connectivity index (χ0) is 23.1. The maximum Gasteiger partial charge on any atom is 0.166 e. The van der Waals surface area contributed by atoms with E-state index in [0.29, 0.717) is 42.4 Å². The molecule has 0 fully saturated rings. The second kappa shape index (κ2) is 10.7. The average Bonchev–Trinajstić information content (AvgIpc) is 2.71. The molecule has 0 aliphatic rings. The molecule has 5 N–H and O–H groups in total. The van der Waals surface area contributed by atoms with Gasteiger partial charge < -0.3 is 25.5 Å². The first-order chi connectivity index (χ1) is 14.6. The van der Waals surface area contributed by atoms with Crippen LogP contribution in [0.1, 0.15) is 54.6 Å². The predicted molar refractivity (Wildman–Crippen MR) is 120 cm³/mol. The number of phenols is 4. The van der Waals surface area contributed by atoms with E-state index in [1.54, 1.807) is 13.0 Å². The number of hydrogen-bond acceptors (Lipinski definition) is 6. The van der Waals surface area contributed by atoms with Crippen LogP contribution in [-0.2, 0) is 12.8 Å². The van der Waals surface area contributed by atoms with Gasteiger partial charge in [0.2, 0.25) is 0 Å². The number of aryl methyl sites for hydroxylation is 1. The molecule has 1 unspecified atom stereocenters. The van der Waals surface area contributed by atoms with Crippen molar-refractivity contribution in [3.8, 4) is 23.0 Å². The lowest BCUT2D eigenvalue weighted by molar-refractivity contribution is 0.0980. The third-order valence-electron chi connectivity index (χ3n) is 5.30. The van der Waals surface area contributed by atoms with E-state index in [0.717, 1.165) is 11.6 Å². The van der Waals surface area contributed by atoms with Crippen LogP contribution in [0.2, 0.25) is 0 Å². The third kappa shape index (κ3) is 6.62. The van der Waals surface area contributed by atoms with Crippen molar-refractivity contribution in [2.45, 2.75) is 52.1 Å². The summed E-state index contributed by atoms with van der Waals surface area (Å²) in [6, 6.07) is 6.87. The monoisotopic (exact) mass is 426 g/mol. The Labute approximate surface area is 182 Å². The molecule has 0 aliphatic heterocycles. The fourth-order valence-electron chi connectivity index (χ4n) is 3.26. The summed E-state index contributed by atoms with van der Waals surface area (Å²) in [5, 5.41) is 49.4. The molecule has 2 aromatic carbocycles. The van der Waals surface area contributed by atoms with E-state index in [9.17, 15) is 30.3 Å². The molecule has 166 valence electrons. The summed E-state index contributed by atoms with van der Waals surface area (Å²) in [4.78, 5) is 12.5. The molecule has 0 aliphatic carbocycles. The van der Waals surface area contributed by atoms with Crippen LogP contribution in [-0.4, -0.2) is 37.4 Å². The van der Waals surface area contributed by atoms with E-state index >= 15 is 0 Å². The Morgan fingerprint density at radius 2 is 1.74 bits per heavy atom. The smallest absolute Gasteiger partial charge is 0.166 e. The topological polar surface area (TPSA) is 118 Å². The number of hydrogen-bond donors (Lipinski definition) is 5. The van der Waals surface area contributed by atoms with Crippen LogP contribution in [0.5, 0.6) is 23.0 Å². The molecule has 6 nitrogen and oxygen atoms in total. The number of Topliss-reactive ketones (excluding diaryl/α,β-unsaturated/α-hetero) is 1. The van der Waals surface area contributed by atoms with Gasteiger partial charge in [-0.1, -0.05) is 29.9 Å². The molecule has 0 amide bonds. The van der Waals surface area contributed by atoms with Gasteiger partial charge in [-0.2, -0.15) is 0 Å². The van der Waals surface area contributed by atoms with Gasteiger partial charge >= 0.3 is 0 Å². The van der Waals surface area contributed by atoms with Crippen molar-refractivity contribution in [2.75, 3.05) is 0 Å². The summed E-state index contributed by atoms with van der Waals surface area (Å²) in [7, 11) is 0. The third-order valence-corrected chi connectivity index (χ3v) is 5.30. The maximum atomic E-state index is 12.5. The SMILES string of the molecule is C=C(C)C(O)CCC(C)=CCc1c(CCC(=O)c2ccc(O)cc2O)ccc(O)c1O. The van der Waals surface area contributed by atoms with Crippen molar-refractivity contribution in [1.82, 2.24) is 0 Å². The van der Waals surface area contributed by atoms with Crippen molar-refractivity contribution in [2.24, 2.45) is 0 Å². The van der Waals surface area contributed by atoms with Crippen LogP contribution in [0.15, 0.2) is 54.1 Å². The molecular weight excluding hydrogens is 396 g/mol. The van der Waals surface area contributed by atoms with Crippen LogP contribution in [0.25, 0.3) is 0 Å². The zero-order valence-corrected chi connectivity index (χ0v) is 17.9. The van der Waals surface area contributed by atoms with E-state index in [4.69, 9.17) is 0 Å². The van der Waals surface area contributed by atoms with E-state index in [2.05, 4.69) is 6.58 Å². The molecule has 31 heavy (non-hydrogen) atoms. The second-order valence-corrected chi connectivity index (χ2v) is 7.85. The first-order valence-corrected chi connectivity index (χ1v) is 10.2. The van der Waals surface area contributed by atoms with Crippen LogP contribution in [0.3, 0.4) is 0 Å². The molecule has 0 saturated carbocycles. The quantitative estimate of drug-likeness (QED) is 0.216. The number of carbonyl (C=O) groups is 1. The summed E-state index contributed by atoms with van der Waals surface area (Å²) in [5.74, 6) is -1.16. The summed E-state index contributed by atoms with van der Waals surface area (Å²) < 4.78 is 0. The number of allylic oxidation sites excluding steroid dienone is 2. The summed E-state index contributed by atoms with van der Waals surface area (Å²) >= 11 is 0. The summed E-state index contributed by atoms with van der Waals surface area (Å²) in [6.07, 6.45) is 3.35. The van der Waals surface area contributed by atoms with Gasteiger partial charge in [-0.3, -0.25) is 4.79 Å². The highest BCUT2D eigenvalue weighted by molar-refractivity contribution is 5.98. The number of aliphatic hydroxyl groups excluding tert-OH is 1. The Hall–Kier alpha value is -3.25. The molecule has 2 rings (SSSR count). The van der Waals surface area contributed by atoms with Gasteiger partial charge in [0.1, 0.15) is 11.5 Å². The number of carbonyl (C=O) groups excluding carboxylic acids is 1. The predicted octanol–water partition coefficient (Wildman–Crippen LogP) is 4.53. The minimum atomic E-state index is -0.560. The van der Waals surface area contributed by atoms with Crippen molar-refractivity contribution in [1.29, 1.82) is 0 Å². The minimum absolute atomic E-state index is 0.0864. The van der Waals surface area contributed by atoms with Gasteiger partial charge in [0.15, 0.2) is 17.3 Å². The number of phenolic OH excluding ortho intramolecular Hbond substituents is 4. The maximum absolute atomic E-state index is 12.5. The fraction of sp³-hybridized carbons (Fsp3) is 0.320. The van der Waals surface area contributed by atoms with Crippen LogP contribution >= 0.6 is 0 Å². The Kier molecular flexibility index (Phi) is 8.28. The normalized spacial score (nSPS) is 12.5. The molecule has 0 heterocycles. The van der Waals surface area contributed by atoms with Gasteiger partial charge in [-0.05, 0) is 63.3 Å². The van der Waals surface area contributed by atoms with E-state index < -0.39 is 6.10 Å². The standard InChI is InChI=1S/C25H30O6/c1-15(2)21(27)11-5-16(3)4-9-19-17(7-13-23(29)25(19)31)6-12-22(28)20-10-8-18(26)14-24(20)30/h4,7-8,10,13-14,21,26-27,29-31H,1,5-6,9,11-12H2,2-3H3. The Bertz CT molecular complexity index is 990. The number of rotatable bonds is 10. The zero-order valence-electron chi connectivity index (χ0n) is 17.9. The molecule has 0 bridgehead atoms. The molecule has 2 aromatic rings. The Morgan fingerprint density at radius 3 is 2.39 bits per heavy atom. The molecule has 0 aromatic heterocycles. The highest BCUT2D eigenvalue weighted by Crippen LogP contribution is 2.33. The lowest BCUT2D eigenvalue weighted by atomic mass is 9.95. The van der Waals surface area contributed by atoms with Gasteiger partial charge in [0.05, 0.1) is 11.7 Å². The second-order valence-electron chi connectivity index (χ2n) is 7.85. The molecular formula is C25H30O6. The van der Waals surface area contributed by atoms with E-state index in [-0.39, 0.29) is 40.8 Å². The number of ketones is 1. The largest absolute Gasteiger partial charge is 0.508 e. The number of aromatic hydroxyl groups is 4. The first kappa shape index (κ1) is 24.0. The van der Waals surface area contributed by atoms with Crippen LogP contribution in [0, 0.1) is 0 Å². The van der Waals surface area contributed by atoms with Crippen molar-refractivity contribution < 1.29 is 30.3 Å². The van der Waals surface area contributed by atoms with Gasteiger partial charge in [0.25, 0.3) is 0 Å². The van der Waals surface area contributed by atoms with Crippen molar-refractivity contribution in [3.63, 3.8) is 0 Å². The summed E-state index contributed by atoms with van der Waals surface area (Å²) in [5.41, 5.74) is 3.11. The average molecular weight is 427 g/mol. The number of aliphatic hydroxyl groups is 1. The van der Waals surface area contributed by atoms with Crippen LogP contribution in [0.4, 0.5) is 0 Å². The molecule has 0 spiro atoms. The molecule has 0 saturated heterocycles. The van der Waals surface area contributed by atoms with Gasteiger partial charge in [0, 0.05) is 18.1 Å². The molecule has 6 heteroatoms. The molecule has 0 radical (unpaired) electrons. The van der Waals surface area contributed by atoms with E-state index in [1.165, 1.54) is 18.2 Å².